The second-order valence-electron chi connectivity index (χ2n) is 4.98. The summed E-state index contributed by atoms with van der Waals surface area (Å²) < 4.78 is 26.9. The average Bonchev–Trinajstić information content (AvgIpc) is 2.78. The van der Waals surface area contributed by atoms with Crippen LogP contribution < -0.4 is 5.73 Å². The fourth-order valence-electron chi connectivity index (χ4n) is 2.23. The molecule has 8 heteroatoms. The molecule has 0 saturated heterocycles. The molecular weight excluding hydrogens is 310 g/mol. The number of allylic oxidation sites excluding steroid dienone is 1. The number of carbonyl (C=O) groups excluding carboxylic acids is 2. The zero-order valence-corrected chi connectivity index (χ0v) is 12.0. The van der Waals surface area contributed by atoms with Crippen molar-refractivity contribution in [1.82, 2.24) is 4.90 Å². The van der Waals surface area contributed by atoms with Gasteiger partial charge in [0, 0.05) is 13.0 Å². The number of imide groups is 1. The predicted octanol–water partition coefficient (Wildman–Crippen LogP) is 1.63. The molecule has 1 atom stereocenters. The maximum atomic E-state index is 13.5. The van der Waals surface area contributed by atoms with E-state index in [1.165, 1.54) is 12.1 Å². The quantitative estimate of drug-likeness (QED) is 0.775. The second kappa shape index (κ2) is 6.66. The van der Waals surface area contributed by atoms with Gasteiger partial charge in [-0.25, -0.2) is 8.78 Å². The lowest BCUT2D eigenvalue weighted by Gasteiger charge is -2.13. The van der Waals surface area contributed by atoms with E-state index in [-0.39, 0.29) is 24.1 Å². The highest BCUT2D eigenvalue weighted by molar-refractivity contribution is 6.21. The number of hydrogen-bond donors (Lipinski definition) is 2. The Morgan fingerprint density at radius 1 is 1.17 bits per heavy atom. The normalized spacial score (nSPS) is 16.2. The first kappa shape index (κ1) is 16.8. The van der Waals surface area contributed by atoms with Gasteiger partial charge >= 0.3 is 5.97 Å². The van der Waals surface area contributed by atoms with E-state index in [0.29, 0.717) is 0 Å². The van der Waals surface area contributed by atoms with Gasteiger partial charge in [-0.2, -0.15) is 0 Å². The van der Waals surface area contributed by atoms with Gasteiger partial charge in [0.05, 0.1) is 11.1 Å². The van der Waals surface area contributed by atoms with E-state index in [0.717, 1.165) is 4.90 Å². The standard InChI is InChI=1S/C15H14F2N2O4/c16-10(11(17)12(18)15(22)23)6-3-7-19-13(20)8-4-1-2-5-9(8)14(19)21/h1-2,4-5,12H,3,6-7,18H2,(H,22,23)/b11-10-. The molecule has 0 spiro atoms. The molecule has 2 amide bonds. The van der Waals surface area contributed by atoms with Crippen molar-refractivity contribution in [2.45, 2.75) is 18.9 Å². The minimum Gasteiger partial charge on any atom is -0.480 e. The number of carbonyl (C=O) groups is 3. The number of benzene rings is 1. The summed E-state index contributed by atoms with van der Waals surface area (Å²) in [5.41, 5.74) is 5.51. The fraction of sp³-hybridized carbons (Fsp3) is 0.267. The molecule has 0 bridgehead atoms. The van der Waals surface area contributed by atoms with Crippen LogP contribution in [0, 0.1) is 0 Å². The summed E-state index contributed by atoms with van der Waals surface area (Å²) in [6.45, 7) is -0.102. The molecule has 0 aliphatic carbocycles. The molecule has 0 aromatic heterocycles. The Morgan fingerprint density at radius 2 is 1.70 bits per heavy atom. The molecule has 3 N–H and O–H groups in total. The van der Waals surface area contributed by atoms with Crippen molar-refractivity contribution in [2.75, 3.05) is 6.54 Å². The van der Waals surface area contributed by atoms with Crippen LogP contribution in [0.2, 0.25) is 0 Å². The Kier molecular flexibility index (Phi) is 4.85. The number of carboxylic acids is 1. The SMILES string of the molecule is NC(C(=O)O)/C(F)=C(/F)CCCN1C(=O)c2ccccc2C1=O. The topological polar surface area (TPSA) is 101 Å². The third-order valence-electron chi connectivity index (χ3n) is 3.45. The van der Waals surface area contributed by atoms with Gasteiger partial charge < -0.3 is 10.8 Å². The molecule has 0 radical (unpaired) electrons. The van der Waals surface area contributed by atoms with Gasteiger partial charge in [0.25, 0.3) is 11.8 Å². The number of rotatable bonds is 6. The van der Waals surface area contributed by atoms with E-state index < -0.39 is 41.9 Å². The molecule has 0 saturated carbocycles. The molecule has 122 valence electrons. The van der Waals surface area contributed by atoms with Crippen molar-refractivity contribution in [1.29, 1.82) is 0 Å². The zero-order chi connectivity index (χ0) is 17.1. The number of carboxylic acid groups (broad SMARTS) is 1. The minimum absolute atomic E-state index is 0.0446. The smallest absolute Gasteiger partial charge is 0.327 e. The third kappa shape index (κ3) is 3.26. The first-order chi connectivity index (χ1) is 10.8. The van der Waals surface area contributed by atoms with Crippen molar-refractivity contribution < 1.29 is 28.3 Å². The van der Waals surface area contributed by atoms with E-state index in [4.69, 9.17) is 10.8 Å². The summed E-state index contributed by atoms with van der Waals surface area (Å²) in [6, 6.07) is 4.22. The Balaban J connectivity index is 1.98. The van der Waals surface area contributed by atoms with Gasteiger partial charge in [0.2, 0.25) is 0 Å². The number of amides is 2. The number of halogens is 2. The Labute approximate surface area is 130 Å². The molecule has 1 aromatic carbocycles. The van der Waals surface area contributed by atoms with Crippen LogP contribution in [0.25, 0.3) is 0 Å². The van der Waals surface area contributed by atoms with Crippen molar-refractivity contribution in [3.8, 4) is 0 Å². The highest BCUT2D eigenvalue weighted by Gasteiger charge is 2.34. The molecule has 1 aliphatic heterocycles. The van der Waals surface area contributed by atoms with E-state index in [1.54, 1.807) is 12.1 Å². The molecule has 1 aromatic rings. The lowest BCUT2D eigenvalue weighted by molar-refractivity contribution is -0.138. The van der Waals surface area contributed by atoms with Crippen molar-refractivity contribution >= 4 is 17.8 Å². The first-order valence-corrected chi connectivity index (χ1v) is 6.82. The van der Waals surface area contributed by atoms with Crippen LogP contribution in [0.5, 0.6) is 0 Å². The van der Waals surface area contributed by atoms with Crippen LogP contribution in [-0.4, -0.2) is 40.4 Å². The average molecular weight is 324 g/mol. The number of aliphatic carboxylic acids is 1. The van der Waals surface area contributed by atoms with E-state index in [1.807, 2.05) is 0 Å². The van der Waals surface area contributed by atoms with Gasteiger partial charge in [-0.05, 0) is 18.6 Å². The van der Waals surface area contributed by atoms with Crippen LogP contribution in [0.4, 0.5) is 8.78 Å². The summed E-state index contributed by atoms with van der Waals surface area (Å²) in [6.07, 6.45) is -0.503. The van der Waals surface area contributed by atoms with E-state index in [9.17, 15) is 23.2 Å². The predicted molar refractivity (Wildman–Crippen MR) is 75.9 cm³/mol. The summed E-state index contributed by atoms with van der Waals surface area (Å²) in [5.74, 6) is -5.51. The highest BCUT2D eigenvalue weighted by Crippen LogP contribution is 2.24. The Morgan fingerprint density at radius 3 is 2.17 bits per heavy atom. The molecule has 0 fully saturated rings. The summed E-state index contributed by atoms with van der Waals surface area (Å²) in [5, 5.41) is 8.51. The monoisotopic (exact) mass is 324 g/mol. The lowest BCUT2D eigenvalue weighted by atomic mass is 10.1. The number of nitrogens with zero attached hydrogens (tertiary/aromatic N) is 1. The number of nitrogens with two attached hydrogens (primary N) is 1. The molecule has 1 heterocycles. The molecule has 23 heavy (non-hydrogen) atoms. The second-order valence-corrected chi connectivity index (χ2v) is 4.98. The van der Waals surface area contributed by atoms with Gasteiger partial charge in [-0.3, -0.25) is 19.3 Å². The maximum absolute atomic E-state index is 13.5. The van der Waals surface area contributed by atoms with Gasteiger partial charge in [0.15, 0.2) is 11.9 Å². The van der Waals surface area contributed by atoms with Crippen LogP contribution in [0.15, 0.2) is 35.9 Å². The first-order valence-electron chi connectivity index (χ1n) is 6.82. The van der Waals surface area contributed by atoms with Crippen molar-refractivity contribution in [2.24, 2.45) is 5.73 Å². The Bertz CT molecular complexity index is 667. The van der Waals surface area contributed by atoms with Gasteiger partial charge in [-0.15, -0.1) is 0 Å². The third-order valence-corrected chi connectivity index (χ3v) is 3.45. The van der Waals surface area contributed by atoms with Crippen molar-refractivity contribution in [3.63, 3.8) is 0 Å². The van der Waals surface area contributed by atoms with Crippen molar-refractivity contribution in [3.05, 3.63) is 47.0 Å². The molecular formula is C15H14F2N2O4. The maximum Gasteiger partial charge on any atom is 0.327 e. The van der Waals surface area contributed by atoms with E-state index >= 15 is 0 Å². The number of fused-ring (bicyclic) bond motifs is 1. The molecule has 6 nitrogen and oxygen atoms in total. The highest BCUT2D eigenvalue weighted by atomic mass is 19.2. The van der Waals surface area contributed by atoms with Crippen LogP contribution in [0.3, 0.4) is 0 Å². The van der Waals surface area contributed by atoms with Crippen LogP contribution in [-0.2, 0) is 4.79 Å². The number of hydrogen-bond acceptors (Lipinski definition) is 4. The Hall–Kier alpha value is -2.61. The summed E-state index contributed by atoms with van der Waals surface area (Å²) >= 11 is 0. The van der Waals surface area contributed by atoms with E-state index in [2.05, 4.69) is 0 Å². The molecule has 1 aliphatic rings. The largest absolute Gasteiger partial charge is 0.480 e. The fourth-order valence-corrected chi connectivity index (χ4v) is 2.23. The lowest BCUT2D eigenvalue weighted by Crippen LogP contribution is -2.32. The van der Waals surface area contributed by atoms with Crippen LogP contribution >= 0.6 is 0 Å². The van der Waals surface area contributed by atoms with Gasteiger partial charge in [0.1, 0.15) is 5.83 Å². The molecule has 1 unspecified atom stereocenters. The summed E-state index contributed by atoms with van der Waals surface area (Å²) in [4.78, 5) is 35.5. The molecule has 2 rings (SSSR count). The van der Waals surface area contributed by atoms with Crippen LogP contribution in [0.1, 0.15) is 33.6 Å². The van der Waals surface area contributed by atoms with Gasteiger partial charge in [-0.1, -0.05) is 12.1 Å². The zero-order valence-electron chi connectivity index (χ0n) is 12.0. The minimum atomic E-state index is -2.06. The summed E-state index contributed by atoms with van der Waals surface area (Å²) in [7, 11) is 0.